The van der Waals surface area contributed by atoms with E-state index in [1.165, 1.54) is 13.8 Å². The van der Waals surface area contributed by atoms with Gasteiger partial charge in [-0.05, 0) is 31.9 Å². The second-order valence-electron chi connectivity index (χ2n) is 9.71. The van der Waals surface area contributed by atoms with Gasteiger partial charge in [-0.2, -0.15) is 5.06 Å². The number of rotatable bonds is 9. The van der Waals surface area contributed by atoms with E-state index in [2.05, 4.69) is 5.32 Å². The van der Waals surface area contributed by atoms with Gasteiger partial charge in [-0.1, -0.05) is 0 Å². The zero-order chi connectivity index (χ0) is 28.4. The first kappa shape index (κ1) is 29.4. The molecule has 0 radical (unpaired) electrons. The van der Waals surface area contributed by atoms with Crippen molar-refractivity contribution in [1.82, 2.24) is 10.4 Å². The van der Waals surface area contributed by atoms with Crippen molar-refractivity contribution < 1.29 is 56.9 Å². The van der Waals surface area contributed by atoms with E-state index in [1.54, 1.807) is 0 Å². The van der Waals surface area contributed by atoms with Crippen molar-refractivity contribution in [2.75, 3.05) is 19.7 Å². The molecule has 38 heavy (non-hydrogen) atoms. The minimum atomic E-state index is -3.00. The van der Waals surface area contributed by atoms with Crippen LogP contribution < -0.4 is 11.1 Å². The quantitative estimate of drug-likeness (QED) is 0.220. The van der Waals surface area contributed by atoms with Crippen molar-refractivity contribution in [2.45, 2.75) is 62.7 Å². The molecule has 0 unspecified atom stereocenters. The molecule has 0 aromatic heterocycles. The van der Waals surface area contributed by atoms with Crippen molar-refractivity contribution in [3.8, 4) is 0 Å². The zero-order valence-corrected chi connectivity index (χ0v) is 20.5. The summed E-state index contributed by atoms with van der Waals surface area (Å²) in [6.45, 7) is 1.77. The summed E-state index contributed by atoms with van der Waals surface area (Å²) in [5, 5.41) is 24.4. The molecule has 210 valence electrons. The number of Topliss-reactive ketones (excluding diaryl/α,β-unsaturated/α-hetero) is 1. The summed E-state index contributed by atoms with van der Waals surface area (Å²) in [7, 11) is 0. The smallest absolute Gasteiger partial charge is 0.364 e. The molecule has 0 aliphatic carbocycles. The average Bonchev–Trinajstić information content (AvgIpc) is 2.82. The molecule has 0 spiro atoms. The average molecular weight is 547 g/mol. The zero-order valence-electron chi connectivity index (χ0n) is 20.5. The molecule has 2 saturated heterocycles. The maximum absolute atomic E-state index is 13.9. The molecule has 5 N–H and O–H groups in total. The first-order valence-electron chi connectivity index (χ1n) is 11.6. The Morgan fingerprint density at radius 3 is 2.61 bits per heavy atom. The monoisotopic (exact) mass is 547 g/mol. The van der Waals surface area contributed by atoms with Gasteiger partial charge in [0.05, 0.1) is 18.8 Å². The normalized spacial score (nSPS) is 25.2. The number of fused-ring (bicyclic) bond motifs is 2. The summed E-state index contributed by atoms with van der Waals surface area (Å²) in [6, 6.07) is 0.0784. The first-order valence-corrected chi connectivity index (χ1v) is 11.6. The maximum Gasteiger partial charge on any atom is 0.364 e. The fraction of sp³-hybridized carbons (Fsp3) is 0.565. The van der Waals surface area contributed by atoms with E-state index >= 15 is 0 Å². The molecule has 2 aliphatic heterocycles. The van der Waals surface area contributed by atoms with Crippen LogP contribution in [0, 0.1) is 17.5 Å². The number of benzene rings is 1. The number of halogens is 3. The van der Waals surface area contributed by atoms with Crippen LogP contribution >= 0.6 is 0 Å². The van der Waals surface area contributed by atoms with Gasteiger partial charge in [0.1, 0.15) is 11.6 Å². The fourth-order valence-electron chi connectivity index (χ4n) is 3.89. The molecule has 3 rings (SSSR count). The van der Waals surface area contributed by atoms with E-state index in [4.69, 9.17) is 20.0 Å². The van der Waals surface area contributed by atoms with E-state index < -0.39 is 77.3 Å². The van der Waals surface area contributed by atoms with Gasteiger partial charge in [0.15, 0.2) is 17.7 Å². The fourth-order valence-corrected chi connectivity index (χ4v) is 3.89. The number of nitrogens with two attached hydrogens (primary N) is 1. The minimum Gasteiger partial charge on any atom is -0.434 e. The number of nitrogens with one attached hydrogen (secondary N) is 1. The summed E-state index contributed by atoms with van der Waals surface area (Å²) in [5.41, 5.74) is 1.27. The summed E-state index contributed by atoms with van der Waals surface area (Å²) in [6.07, 6.45) is -5.01. The molecule has 1 aromatic carbocycles. The van der Waals surface area contributed by atoms with E-state index in [9.17, 15) is 42.6 Å². The topological polar surface area (TPSA) is 178 Å². The van der Waals surface area contributed by atoms with Crippen LogP contribution in [0.5, 0.6) is 0 Å². The lowest BCUT2D eigenvalue weighted by atomic mass is 9.94. The van der Waals surface area contributed by atoms with Crippen molar-refractivity contribution in [3.63, 3.8) is 0 Å². The number of piperazine rings is 1. The van der Waals surface area contributed by atoms with Gasteiger partial charge in [0.25, 0.3) is 0 Å². The Bertz CT molecular complexity index is 1120. The molecular weight excluding hydrogens is 519 g/mol. The SMILES string of the molecule is CC(C)(CC(=O)C[C@H](N)Cc1cc(F)c(F)cc1F)OC[C@]1(O)C(=O)O[C@H]2NCCN(OC(=O)[C@@H]1O)C2=O. The number of hydrogen-bond acceptors (Lipinski definition) is 11. The molecule has 0 saturated carbocycles. The molecule has 15 heteroatoms. The van der Waals surface area contributed by atoms with E-state index in [0.29, 0.717) is 17.2 Å². The van der Waals surface area contributed by atoms with Crippen molar-refractivity contribution >= 4 is 23.6 Å². The molecular formula is C23H28F3N3O9. The van der Waals surface area contributed by atoms with Gasteiger partial charge in [-0.3, -0.25) is 14.9 Å². The molecule has 2 aliphatic rings. The number of carbonyl (C=O) groups is 4. The Kier molecular flexibility index (Phi) is 8.78. The summed E-state index contributed by atoms with van der Waals surface area (Å²) >= 11 is 0. The Balaban J connectivity index is 1.63. The number of ether oxygens (including phenoxy) is 2. The van der Waals surface area contributed by atoms with Crippen LogP contribution in [0.2, 0.25) is 0 Å². The second kappa shape index (κ2) is 11.3. The number of aliphatic hydroxyl groups excluding tert-OH is 1. The van der Waals surface area contributed by atoms with Crippen LogP contribution in [0.15, 0.2) is 12.1 Å². The second-order valence-corrected chi connectivity index (χ2v) is 9.71. The highest BCUT2D eigenvalue weighted by atomic mass is 19.2. The predicted octanol–water partition coefficient (Wildman–Crippen LogP) is -1.02. The number of esters is 1. The number of carbonyl (C=O) groups excluding carboxylic acids is 4. The minimum absolute atomic E-state index is 0.0853. The van der Waals surface area contributed by atoms with Crippen LogP contribution in [-0.4, -0.2) is 88.2 Å². The third-order valence-corrected chi connectivity index (χ3v) is 5.94. The van der Waals surface area contributed by atoms with Crippen molar-refractivity contribution in [2.24, 2.45) is 5.73 Å². The Hall–Kier alpha value is -3.11. The van der Waals surface area contributed by atoms with Gasteiger partial charge in [-0.25, -0.2) is 22.8 Å². The lowest BCUT2D eigenvalue weighted by molar-refractivity contribution is -0.219. The molecule has 2 bridgehead atoms. The number of amides is 1. The number of hydrogen-bond donors (Lipinski definition) is 4. The van der Waals surface area contributed by atoms with E-state index in [0.717, 1.165) is 0 Å². The van der Waals surface area contributed by atoms with Gasteiger partial charge >= 0.3 is 17.8 Å². The highest BCUT2D eigenvalue weighted by molar-refractivity contribution is 5.93. The Labute approximate surface area is 214 Å². The number of hydroxylamine groups is 2. The highest BCUT2D eigenvalue weighted by Crippen LogP contribution is 2.25. The first-order chi connectivity index (χ1) is 17.6. The Morgan fingerprint density at radius 1 is 1.26 bits per heavy atom. The van der Waals surface area contributed by atoms with E-state index in [1.807, 2.05) is 0 Å². The van der Waals surface area contributed by atoms with Crippen LogP contribution in [-0.2, 0) is 39.9 Å². The molecule has 12 nitrogen and oxygen atoms in total. The van der Waals surface area contributed by atoms with Gasteiger partial charge in [-0.15, -0.1) is 0 Å². The van der Waals surface area contributed by atoms with Gasteiger partial charge in [0, 0.05) is 31.5 Å². The highest BCUT2D eigenvalue weighted by Gasteiger charge is 2.54. The molecule has 4 atom stereocenters. The van der Waals surface area contributed by atoms with Crippen LogP contribution in [0.4, 0.5) is 13.2 Å². The third-order valence-electron chi connectivity index (χ3n) is 5.94. The largest absolute Gasteiger partial charge is 0.434 e. The maximum atomic E-state index is 13.9. The summed E-state index contributed by atoms with van der Waals surface area (Å²) in [4.78, 5) is 54.6. The molecule has 1 aromatic rings. The summed E-state index contributed by atoms with van der Waals surface area (Å²) in [5.74, 6) is -8.11. The summed E-state index contributed by atoms with van der Waals surface area (Å²) < 4.78 is 50.8. The van der Waals surface area contributed by atoms with Gasteiger partial charge in [0.2, 0.25) is 11.8 Å². The van der Waals surface area contributed by atoms with Crippen molar-refractivity contribution in [3.05, 3.63) is 35.1 Å². The standard InChI is InChI=1S/C23H28F3N3O9/c1-22(2,9-13(30)7-12(27)5-11-6-15(25)16(26)8-14(11)24)36-10-23(35)17(31)20(33)38-29-4-3-28-18(19(29)32)37-21(23)34/h6,8,12,17-18,28,31,35H,3-5,7,9-10,27H2,1-2H3/t12-,17+,18-,23-/m1/s1. The predicted molar refractivity (Wildman–Crippen MR) is 119 cm³/mol. The number of nitrogens with zero attached hydrogens (tertiary/aromatic N) is 1. The number of aliphatic hydroxyl groups is 2. The Morgan fingerprint density at radius 2 is 1.92 bits per heavy atom. The van der Waals surface area contributed by atoms with Crippen LogP contribution in [0.1, 0.15) is 32.3 Å². The van der Waals surface area contributed by atoms with Gasteiger partial charge < -0.3 is 30.3 Å². The lowest BCUT2D eigenvalue weighted by Gasteiger charge is -2.33. The molecule has 2 fully saturated rings. The van der Waals surface area contributed by atoms with Crippen molar-refractivity contribution in [1.29, 1.82) is 0 Å². The molecule has 1 amide bonds. The van der Waals surface area contributed by atoms with Crippen LogP contribution in [0.3, 0.4) is 0 Å². The van der Waals surface area contributed by atoms with Crippen LogP contribution in [0.25, 0.3) is 0 Å². The van der Waals surface area contributed by atoms with E-state index in [-0.39, 0.29) is 37.9 Å². The lowest BCUT2D eigenvalue weighted by Crippen LogP contribution is -2.59. The number of ketones is 1. The molecule has 2 heterocycles. The third kappa shape index (κ3) is 6.66.